The molecule has 1 N–H and O–H groups in total. The molecule has 3 aromatic rings. The van der Waals surface area contributed by atoms with Crippen molar-refractivity contribution in [3.05, 3.63) is 77.9 Å². The highest BCUT2D eigenvalue weighted by Gasteiger charge is 2.08. The summed E-state index contributed by atoms with van der Waals surface area (Å²) >= 11 is 0. The predicted octanol–water partition coefficient (Wildman–Crippen LogP) is 2.88. The number of methoxy groups -OCH3 is 2. The molecular formula is C20H21N3O3. The van der Waals surface area contributed by atoms with Crippen LogP contribution in [0.4, 0.5) is 0 Å². The van der Waals surface area contributed by atoms with Gasteiger partial charge in [-0.3, -0.25) is 4.79 Å². The molecule has 2 aromatic carbocycles. The molecule has 0 spiro atoms. The van der Waals surface area contributed by atoms with Crippen LogP contribution in [0.2, 0.25) is 0 Å². The number of amides is 1. The van der Waals surface area contributed by atoms with Crippen LogP contribution < -0.4 is 14.8 Å². The lowest BCUT2D eigenvalue weighted by molar-refractivity contribution is 0.0951. The van der Waals surface area contributed by atoms with Gasteiger partial charge in [0.2, 0.25) is 0 Å². The molecule has 0 aliphatic carbocycles. The molecule has 0 fully saturated rings. The van der Waals surface area contributed by atoms with E-state index in [-0.39, 0.29) is 5.91 Å². The molecule has 1 heterocycles. The van der Waals surface area contributed by atoms with Gasteiger partial charge in [-0.05, 0) is 35.4 Å². The van der Waals surface area contributed by atoms with Gasteiger partial charge >= 0.3 is 0 Å². The molecule has 6 nitrogen and oxygen atoms in total. The summed E-state index contributed by atoms with van der Waals surface area (Å²) in [4.78, 5) is 16.4. The highest BCUT2D eigenvalue weighted by Crippen LogP contribution is 2.27. The average molecular weight is 351 g/mol. The minimum absolute atomic E-state index is 0.117. The molecule has 1 amide bonds. The van der Waals surface area contributed by atoms with Crippen molar-refractivity contribution in [1.29, 1.82) is 0 Å². The zero-order valence-corrected chi connectivity index (χ0v) is 14.8. The van der Waals surface area contributed by atoms with Crippen LogP contribution >= 0.6 is 0 Å². The summed E-state index contributed by atoms with van der Waals surface area (Å²) in [5.41, 5.74) is 2.67. The maximum Gasteiger partial charge on any atom is 0.251 e. The van der Waals surface area contributed by atoms with Gasteiger partial charge in [-0.15, -0.1) is 0 Å². The second kappa shape index (κ2) is 8.20. The van der Waals surface area contributed by atoms with Gasteiger partial charge in [0.25, 0.3) is 5.91 Å². The summed E-state index contributed by atoms with van der Waals surface area (Å²) in [5.74, 6) is 1.19. The third-order valence-electron chi connectivity index (χ3n) is 4.04. The molecule has 26 heavy (non-hydrogen) atoms. The smallest absolute Gasteiger partial charge is 0.251 e. The summed E-state index contributed by atoms with van der Waals surface area (Å²) in [7, 11) is 3.18. The zero-order valence-electron chi connectivity index (χ0n) is 14.8. The van der Waals surface area contributed by atoms with Crippen molar-refractivity contribution in [3.8, 4) is 11.5 Å². The van der Waals surface area contributed by atoms with E-state index >= 15 is 0 Å². The van der Waals surface area contributed by atoms with Crippen molar-refractivity contribution in [2.24, 2.45) is 0 Å². The lowest BCUT2D eigenvalue weighted by Crippen LogP contribution is -2.22. The molecule has 0 unspecified atom stereocenters. The normalized spacial score (nSPS) is 10.4. The topological polar surface area (TPSA) is 65.4 Å². The van der Waals surface area contributed by atoms with E-state index in [0.29, 0.717) is 23.6 Å². The molecule has 3 rings (SSSR count). The Hall–Kier alpha value is -3.28. The lowest BCUT2D eigenvalue weighted by Gasteiger charge is -2.10. The summed E-state index contributed by atoms with van der Waals surface area (Å²) in [5, 5.41) is 2.92. The first kappa shape index (κ1) is 17.5. The number of rotatable bonds is 7. The first-order valence-electron chi connectivity index (χ1n) is 8.23. The van der Waals surface area contributed by atoms with Crippen LogP contribution in [0.5, 0.6) is 11.5 Å². The number of hydrogen-bond donors (Lipinski definition) is 1. The van der Waals surface area contributed by atoms with E-state index in [1.165, 1.54) is 0 Å². The number of aromatic nitrogens is 2. The van der Waals surface area contributed by atoms with Crippen molar-refractivity contribution in [3.63, 3.8) is 0 Å². The van der Waals surface area contributed by atoms with Gasteiger partial charge in [-0.2, -0.15) is 0 Å². The SMILES string of the molecule is COc1ccc(CNC(=O)c2ccc(Cn3ccnc3)cc2)cc1OC. The summed E-state index contributed by atoms with van der Waals surface area (Å²) in [6, 6.07) is 13.1. The molecule has 0 saturated carbocycles. The van der Waals surface area contributed by atoms with E-state index in [4.69, 9.17) is 9.47 Å². The Morgan fingerprint density at radius 2 is 1.77 bits per heavy atom. The van der Waals surface area contributed by atoms with Gasteiger partial charge < -0.3 is 19.4 Å². The quantitative estimate of drug-likeness (QED) is 0.711. The fourth-order valence-corrected chi connectivity index (χ4v) is 2.63. The highest BCUT2D eigenvalue weighted by atomic mass is 16.5. The first-order chi connectivity index (χ1) is 12.7. The van der Waals surface area contributed by atoms with E-state index in [0.717, 1.165) is 17.7 Å². The maximum atomic E-state index is 12.3. The molecule has 0 bridgehead atoms. The van der Waals surface area contributed by atoms with Gasteiger partial charge in [0.15, 0.2) is 11.5 Å². The number of carbonyl (C=O) groups is 1. The second-order valence-corrected chi connectivity index (χ2v) is 5.80. The molecule has 6 heteroatoms. The van der Waals surface area contributed by atoms with Crippen molar-refractivity contribution in [2.45, 2.75) is 13.1 Å². The molecule has 1 aromatic heterocycles. The van der Waals surface area contributed by atoms with Crippen molar-refractivity contribution >= 4 is 5.91 Å². The largest absolute Gasteiger partial charge is 0.493 e. The summed E-state index contributed by atoms with van der Waals surface area (Å²) in [6.45, 7) is 1.14. The molecule has 0 aliphatic rings. The number of carbonyl (C=O) groups excluding carboxylic acids is 1. The third kappa shape index (κ3) is 4.22. The molecular weight excluding hydrogens is 330 g/mol. The van der Waals surface area contributed by atoms with Crippen molar-refractivity contribution < 1.29 is 14.3 Å². The van der Waals surface area contributed by atoms with E-state index in [1.54, 1.807) is 26.7 Å². The number of nitrogens with one attached hydrogen (secondary N) is 1. The summed E-state index contributed by atoms with van der Waals surface area (Å²) < 4.78 is 12.5. The fraction of sp³-hybridized carbons (Fsp3) is 0.200. The van der Waals surface area contributed by atoms with Crippen molar-refractivity contribution in [2.75, 3.05) is 14.2 Å². The lowest BCUT2D eigenvalue weighted by atomic mass is 10.1. The Kier molecular flexibility index (Phi) is 5.53. The van der Waals surface area contributed by atoms with E-state index in [9.17, 15) is 4.79 Å². The zero-order chi connectivity index (χ0) is 18.4. The van der Waals surface area contributed by atoms with Crippen molar-refractivity contribution in [1.82, 2.24) is 14.9 Å². The molecule has 0 aliphatic heterocycles. The Labute approximate surface area is 152 Å². The van der Waals surface area contributed by atoms with Crippen LogP contribution in [0.15, 0.2) is 61.2 Å². The van der Waals surface area contributed by atoms with Gasteiger partial charge in [0.05, 0.1) is 20.5 Å². The minimum atomic E-state index is -0.117. The monoisotopic (exact) mass is 351 g/mol. The van der Waals surface area contributed by atoms with Crippen LogP contribution in [-0.4, -0.2) is 29.7 Å². The number of nitrogens with zero attached hydrogens (tertiary/aromatic N) is 2. The molecule has 0 radical (unpaired) electrons. The van der Waals surface area contributed by atoms with E-state index in [1.807, 2.05) is 53.2 Å². The average Bonchev–Trinajstić information content (AvgIpc) is 3.19. The number of hydrogen-bond acceptors (Lipinski definition) is 4. The van der Waals surface area contributed by atoms with Crippen LogP contribution in [0.25, 0.3) is 0 Å². The Morgan fingerprint density at radius 1 is 1.04 bits per heavy atom. The predicted molar refractivity (Wildman–Crippen MR) is 98.5 cm³/mol. The van der Waals surface area contributed by atoms with Crippen LogP contribution in [0.3, 0.4) is 0 Å². The number of imidazole rings is 1. The minimum Gasteiger partial charge on any atom is -0.493 e. The van der Waals surface area contributed by atoms with Gasteiger partial charge in [-0.1, -0.05) is 18.2 Å². The molecule has 0 atom stereocenters. The van der Waals surface area contributed by atoms with Crippen LogP contribution in [0.1, 0.15) is 21.5 Å². The highest BCUT2D eigenvalue weighted by molar-refractivity contribution is 5.94. The number of benzene rings is 2. The fourth-order valence-electron chi connectivity index (χ4n) is 2.63. The third-order valence-corrected chi connectivity index (χ3v) is 4.04. The molecule has 0 saturated heterocycles. The second-order valence-electron chi connectivity index (χ2n) is 5.80. The Bertz CT molecular complexity index is 859. The standard InChI is InChI=1S/C20H21N3O3/c1-25-18-8-5-16(11-19(18)26-2)12-22-20(24)17-6-3-15(4-7-17)13-23-10-9-21-14-23/h3-11,14H,12-13H2,1-2H3,(H,22,24). The summed E-state index contributed by atoms with van der Waals surface area (Å²) in [6.07, 6.45) is 5.42. The van der Waals surface area contributed by atoms with Gasteiger partial charge in [0, 0.05) is 31.0 Å². The maximum absolute atomic E-state index is 12.3. The Balaban J connectivity index is 1.59. The van der Waals surface area contributed by atoms with E-state index < -0.39 is 0 Å². The van der Waals surface area contributed by atoms with Crippen LogP contribution in [-0.2, 0) is 13.1 Å². The Morgan fingerprint density at radius 3 is 2.42 bits per heavy atom. The number of ether oxygens (including phenoxy) is 2. The first-order valence-corrected chi connectivity index (χ1v) is 8.23. The van der Waals surface area contributed by atoms with Gasteiger partial charge in [-0.25, -0.2) is 4.98 Å². The van der Waals surface area contributed by atoms with Gasteiger partial charge in [0.1, 0.15) is 0 Å². The van der Waals surface area contributed by atoms with Crippen LogP contribution in [0, 0.1) is 0 Å². The van der Waals surface area contributed by atoms with E-state index in [2.05, 4.69) is 10.3 Å². The molecule has 134 valence electrons.